The Kier molecular flexibility index (Phi) is 24.6. The monoisotopic (exact) mass is 178 g/mol. The van der Waals surface area contributed by atoms with Gasteiger partial charge in [0.25, 0.3) is 0 Å². The van der Waals surface area contributed by atoms with Gasteiger partial charge in [0.1, 0.15) is 0 Å². The van der Waals surface area contributed by atoms with Crippen molar-refractivity contribution in [3.63, 3.8) is 0 Å². The predicted molar refractivity (Wildman–Crippen MR) is 56.3 cm³/mol. The Hall–Kier alpha value is -0.530. The zero-order chi connectivity index (χ0) is 7.28. The molecule has 0 rings (SSSR count). The quantitative estimate of drug-likeness (QED) is 0.618. The Bertz CT molecular complexity index is 89.8. The van der Waals surface area contributed by atoms with Gasteiger partial charge in [-0.15, -0.1) is 0 Å². The summed E-state index contributed by atoms with van der Waals surface area (Å²) in [5.74, 6) is -0.0232. The van der Waals surface area contributed by atoms with Crippen molar-refractivity contribution < 1.29 is 9.53 Å². The van der Waals surface area contributed by atoms with Crippen LogP contribution in [0.3, 0.4) is 0 Å². The average molecular weight is 178 g/mol. The minimum atomic E-state index is -0.0833. The normalized spacial score (nSPS) is 9.58. The number of ether oxygens (including phenoxy) is 1. The van der Waals surface area contributed by atoms with Crippen molar-refractivity contribution in [2.45, 2.75) is 49.5 Å². The highest BCUT2D eigenvalue weighted by Crippen LogP contribution is 2.01. The summed E-state index contributed by atoms with van der Waals surface area (Å²) < 4.78 is 4.76. The average Bonchev–Trinajstić information content (AvgIpc) is 1.87. The van der Waals surface area contributed by atoms with Crippen LogP contribution in [0.5, 0.6) is 0 Å². The van der Waals surface area contributed by atoms with E-state index in [-0.39, 0.29) is 34.2 Å². The van der Waals surface area contributed by atoms with Crippen LogP contribution in [-0.4, -0.2) is 12.6 Å². The summed E-state index contributed by atoms with van der Waals surface area (Å²) in [5, 5.41) is 0. The van der Waals surface area contributed by atoms with Gasteiger partial charge in [0.15, 0.2) is 0 Å². The molecule has 0 amide bonds. The van der Waals surface area contributed by atoms with Crippen LogP contribution in [0, 0.1) is 5.92 Å². The van der Waals surface area contributed by atoms with Crippen LogP contribution in [-0.2, 0) is 9.53 Å². The van der Waals surface area contributed by atoms with Crippen LogP contribution in [0.1, 0.15) is 49.5 Å². The largest absolute Gasteiger partial charge is 0.466 e. The smallest absolute Gasteiger partial charge is 0.308 e. The minimum Gasteiger partial charge on any atom is -0.466 e. The molecule has 0 saturated heterocycles. The topological polar surface area (TPSA) is 26.3 Å². The number of rotatable bonds is 3. The van der Waals surface area contributed by atoms with Crippen LogP contribution in [0.4, 0.5) is 0 Å². The van der Waals surface area contributed by atoms with E-state index >= 15 is 0 Å². The lowest BCUT2D eigenvalue weighted by atomic mass is 10.1. The molecule has 0 N–H and O–H groups in total. The van der Waals surface area contributed by atoms with Gasteiger partial charge < -0.3 is 4.74 Å². The summed E-state index contributed by atoms with van der Waals surface area (Å²) >= 11 is 0. The molecule has 0 aromatic heterocycles. The molecule has 2 nitrogen and oxygen atoms in total. The number of carbonyl (C=O) groups excluding carboxylic acids is 1. The summed E-state index contributed by atoms with van der Waals surface area (Å²) in [6, 6.07) is 0. The Morgan fingerprint density at radius 2 is 1.67 bits per heavy atom. The summed E-state index contributed by atoms with van der Waals surface area (Å²) in [4.78, 5) is 10.8. The molecule has 0 aliphatic heterocycles. The van der Waals surface area contributed by atoms with E-state index in [0.29, 0.717) is 6.61 Å². The fourth-order valence-electron chi connectivity index (χ4n) is 0.451. The van der Waals surface area contributed by atoms with Gasteiger partial charge in [0.05, 0.1) is 12.5 Å². The fraction of sp³-hybridized carbons (Fsp3) is 0.900. The molecule has 0 spiro atoms. The zero-order valence-corrected chi connectivity index (χ0v) is 6.31. The molecule has 0 saturated carbocycles. The predicted octanol–water partition coefficient (Wildman–Crippen LogP) is 3.50. The van der Waals surface area contributed by atoms with Crippen LogP contribution in [0.2, 0.25) is 0 Å². The molecule has 78 valence electrons. The minimum absolute atomic E-state index is 0. The first kappa shape index (κ1) is 22.5. The highest BCUT2D eigenvalue weighted by Gasteiger charge is 2.09. The first-order valence-corrected chi connectivity index (χ1v) is 3.39. The molecule has 0 bridgehead atoms. The number of hydrogen-bond acceptors (Lipinski definition) is 2. The molecule has 0 fully saturated rings. The van der Waals surface area contributed by atoms with Crippen LogP contribution >= 0.6 is 0 Å². The third-order valence-corrected chi connectivity index (χ3v) is 1.30. The molecule has 0 heterocycles. The lowest BCUT2D eigenvalue weighted by molar-refractivity contribution is -0.147. The SMILES string of the molecule is C.C.C.CCOC(=O)C(C)CC. The van der Waals surface area contributed by atoms with E-state index in [1.165, 1.54) is 0 Å². The van der Waals surface area contributed by atoms with Crippen molar-refractivity contribution >= 4 is 5.97 Å². The summed E-state index contributed by atoms with van der Waals surface area (Å²) in [6.45, 7) is 6.16. The maximum Gasteiger partial charge on any atom is 0.308 e. The van der Waals surface area contributed by atoms with Gasteiger partial charge in [-0.1, -0.05) is 36.1 Å². The number of esters is 1. The molecular weight excluding hydrogens is 152 g/mol. The number of hydrogen-bond donors (Lipinski definition) is 0. The maximum absolute atomic E-state index is 10.8. The van der Waals surface area contributed by atoms with Gasteiger partial charge in [-0.2, -0.15) is 0 Å². The van der Waals surface area contributed by atoms with E-state index in [1.54, 1.807) is 0 Å². The Balaban J connectivity index is -0.000000107. The molecule has 1 unspecified atom stereocenters. The van der Waals surface area contributed by atoms with Crippen molar-refractivity contribution in [2.75, 3.05) is 6.61 Å². The van der Waals surface area contributed by atoms with Gasteiger partial charge >= 0.3 is 5.97 Å². The third kappa shape index (κ3) is 9.47. The van der Waals surface area contributed by atoms with Gasteiger partial charge in [-0.25, -0.2) is 0 Å². The lowest BCUT2D eigenvalue weighted by Crippen LogP contribution is -2.13. The van der Waals surface area contributed by atoms with E-state index in [2.05, 4.69) is 0 Å². The van der Waals surface area contributed by atoms with Crippen molar-refractivity contribution in [2.24, 2.45) is 5.92 Å². The highest BCUT2D eigenvalue weighted by molar-refractivity contribution is 5.71. The van der Waals surface area contributed by atoms with E-state index in [1.807, 2.05) is 20.8 Å². The van der Waals surface area contributed by atoms with Gasteiger partial charge in [-0.05, 0) is 13.3 Å². The second-order valence-electron chi connectivity index (χ2n) is 2.06. The Labute approximate surface area is 78.3 Å². The fourth-order valence-corrected chi connectivity index (χ4v) is 0.451. The standard InChI is InChI=1S/C7H14O2.3CH4/c1-4-6(3)7(8)9-5-2;;;/h6H,4-5H2,1-3H3;3*1H4. The van der Waals surface area contributed by atoms with Crippen LogP contribution in [0.15, 0.2) is 0 Å². The number of carbonyl (C=O) groups is 1. The van der Waals surface area contributed by atoms with Gasteiger partial charge in [0, 0.05) is 0 Å². The van der Waals surface area contributed by atoms with Crippen molar-refractivity contribution in [1.29, 1.82) is 0 Å². The summed E-state index contributed by atoms with van der Waals surface area (Å²) in [6.07, 6.45) is 0.860. The molecular formula is C10H26O2. The Morgan fingerprint density at radius 1 is 1.25 bits per heavy atom. The molecule has 0 aromatic rings. The summed E-state index contributed by atoms with van der Waals surface area (Å²) in [5.41, 5.74) is 0. The molecule has 0 aromatic carbocycles. The van der Waals surface area contributed by atoms with Crippen LogP contribution in [0.25, 0.3) is 0 Å². The van der Waals surface area contributed by atoms with Crippen molar-refractivity contribution in [3.8, 4) is 0 Å². The van der Waals surface area contributed by atoms with Crippen molar-refractivity contribution in [1.82, 2.24) is 0 Å². The van der Waals surface area contributed by atoms with Gasteiger partial charge in [-0.3, -0.25) is 4.79 Å². The second kappa shape index (κ2) is 13.1. The summed E-state index contributed by atoms with van der Waals surface area (Å²) in [7, 11) is 0. The van der Waals surface area contributed by atoms with Gasteiger partial charge in [0.2, 0.25) is 0 Å². The van der Waals surface area contributed by atoms with E-state index in [4.69, 9.17) is 4.74 Å². The first-order valence-electron chi connectivity index (χ1n) is 3.39. The van der Waals surface area contributed by atoms with E-state index in [9.17, 15) is 4.79 Å². The zero-order valence-electron chi connectivity index (χ0n) is 6.31. The van der Waals surface area contributed by atoms with Crippen LogP contribution < -0.4 is 0 Å². The highest BCUT2D eigenvalue weighted by atomic mass is 16.5. The molecule has 0 radical (unpaired) electrons. The molecule has 1 atom stereocenters. The molecule has 0 aliphatic rings. The maximum atomic E-state index is 10.8. The van der Waals surface area contributed by atoms with Crippen molar-refractivity contribution in [3.05, 3.63) is 0 Å². The molecule has 2 heteroatoms. The first-order chi connectivity index (χ1) is 4.22. The van der Waals surface area contributed by atoms with E-state index < -0.39 is 0 Å². The molecule has 12 heavy (non-hydrogen) atoms. The Morgan fingerprint density at radius 3 is 1.92 bits per heavy atom. The second-order valence-corrected chi connectivity index (χ2v) is 2.06. The van der Waals surface area contributed by atoms with E-state index in [0.717, 1.165) is 6.42 Å². The third-order valence-electron chi connectivity index (χ3n) is 1.30. The molecule has 0 aliphatic carbocycles. The lowest BCUT2D eigenvalue weighted by Gasteiger charge is -2.05.